The third-order valence-corrected chi connectivity index (χ3v) is 2.54. The van der Waals surface area contributed by atoms with Gasteiger partial charge < -0.3 is 10.1 Å². The standard InChI is InChI=1S/C7H10N2OS/c1-5-7(11-4-9-5)10-6-2-8-3-6/h4,6,8H,2-3H2,1H3. The van der Waals surface area contributed by atoms with Crippen LogP contribution in [0.25, 0.3) is 0 Å². The molecule has 0 bridgehead atoms. The summed E-state index contributed by atoms with van der Waals surface area (Å²) in [4.78, 5) is 4.10. The summed E-state index contributed by atoms with van der Waals surface area (Å²) in [7, 11) is 0. The fraction of sp³-hybridized carbons (Fsp3) is 0.571. The maximum Gasteiger partial charge on any atom is 0.197 e. The molecule has 1 aromatic rings. The Morgan fingerprint density at radius 2 is 2.55 bits per heavy atom. The fourth-order valence-electron chi connectivity index (χ4n) is 0.901. The molecule has 60 valence electrons. The highest BCUT2D eigenvalue weighted by molar-refractivity contribution is 7.11. The lowest BCUT2D eigenvalue weighted by Gasteiger charge is -2.27. The lowest BCUT2D eigenvalue weighted by atomic mass is 10.2. The molecule has 0 unspecified atom stereocenters. The summed E-state index contributed by atoms with van der Waals surface area (Å²) in [6, 6.07) is 0. The minimum absolute atomic E-state index is 0.370. The van der Waals surface area contributed by atoms with Crippen LogP contribution < -0.4 is 10.1 Å². The van der Waals surface area contributed by atoms with E-state index in [1.807, 2.05) is 12.4 Å². The number of thiazole rings is 1. The molecule has 11 heavy (non-hydrogen) atoms. The van der Waals surface area contributed by atoms with E-state index in [2.05, 4.69) is 10.3 Å². The minimum atomic E-state index is 0.370. The summed E-state index contributed by atoms with van der Waals surface area (Å²) in [5.74, 6) is 0. The summed E-state index contributed by atoms with van der Waals surface area (Å²) in [6.07, 6.45) is 0.370. The predicted molar refractivity (Wildman–Crippen MR) is 44.1 cm³/mol. The van der Waals surface area contributed by atoms with Crippen LogP contribution in [0.3, 0.4) is 0 Å². The third-order valence-electron chi connectivity index (χ3n) is 1.72. The molecular formula is C7H10N2OS. The van der Waals surface area contributed by atoms with E-state index >= 15 is 0 Å². The van der Waals surface area contributed by atoms with E-state index in [1.165, 1.54) is 0 Å². The molecule has 0 radical (unpaired) electrons. The van der Waals surface area contributed by atoms with Gasteiger partial charge in [-0.3, -0.25) is 0 Å². The predicted octanol–water partition coefficient (Wildman–Crippen LogP) is 0.802. The number of ether oxygens (including phenoxy) is 1. The van der Waals surface area contributed by atoms with Crippen LogP contribution in [-0.4, -0.2) is 24.2 Å². The van der Waals surface area contributed by atoms with E-state index in [0.29, 0.717) is 6.10 Å². The average Bonchev–Trinajstić information content (AvgIpc) is 2.27. The van der Waals surface area contributed by atoms with Crippen LogP contribution >= 0.6 is 11.3 Å². The molecule has 1 aliphatic heterocycles. The summed E-state index contributed by atoms with van der Waals surface area (Å²) >= 11 is 1.57. The molecule has 4 heteroatoms. The molecule has 1 aromatic heterocycles. The van der Waals surface area contributed by atoms with Crippen molar-refractivity contribution in [2.24, 2.45) is 0 Å². The summed E-state index contributed by atoms with van der Waals surface area (Å²) in [6.45, 7) is 3.91. The van der Waals surface area contributed by atoms with Gasteiger partial charge >= 0.3 is 0 Å². The van der Waals surface area contributed by atoms with Gasteiger partial charge in [-0.1, -0.05) is 11.3 Å². The van der Waals surface area contributed by atoms with Crippen molar-refractivity contribution in [1.82, 2.24) is 10.3 Å². The first kappa shape index (κ1) is 7.06. The molecule has 0 amide bonds. The second-order valence-electron chi connectivity index (χ2n) is 2.62. The largest absolute Gasteiger partial charge is 0.477 e. The first-order chi connectivity index (χ1) is 5.36. The van der Waals surface area contributed by atoms with E-state index < -0.39 is 0 Å². The van der Waals surface area contributed by atoms with Gasteiger partial charge in [0.1, 0.15) is 6.10 Å². The number of aryl methyl sites for hydroxylation is 1. The minimum Gasteiger partial charge on any atom is -0.477 e. The van der Waals surface area contributed by atoms with E-state index in [1.54, 1.807) is 11.3 Å². The Hall–Kier alpha value is -0.610. The molecule has 2 heterocycles. The Labute approximate surface area is 69.4 Å². The number of nitrogens with one attached hydrogen (secondary N) is 1. The molecule has 0 aliphatic carbocycles. The maximum atomic E-state index is 5.61. The van der Waals surface area contributed by atoms with Gasteiger partial charge in [-0.05, 0) is 6.92 Å². The monoisotopic (exact) mass is 170 g/mol. The number of aromatic nitrogens is 1. The van der Waals surface area contributed by atoms with E-state index in [0.717, 1.165) is 23.8 Å². The lowest BCUT2D eigenvalue weighted by molar-refractivity contribution is 0.146. The highest BCUT2D eigenvalue weighted by Gasteiger charge is 2.19. The second kappa shape index (κ2) is 2.79. The highest BCUT2D eigenvalue weighted by Crippen LogP contribution is 2.23. The summed E-state index contributed by atoms with van der Waals surface area (Å²) in [5.41, 5.74) is 2.82. The van der Waals surface area contributed by atoms with Crippen molar-refractivity contribution in [2.45, 2.75) is 13.0 Å². The zero-order chi connectivity index (χ0) is 7.68. The fourth-order valence-corrected chi connectivity index (χ4v) is 1.62. The van der Waals surface area contributed by atoms with Crippen molar-refractivity contribution in [3.63, 3.8) is 0 Å². The molecule has 1 fully saturated rings. The molecule has 0 aromatic carbocycles. The van der Waals surface area contributed by atoms with E-state index in [-0.39, 0.29) is 0 Å². The molecule has 3 nitrogen and oxygen atoms in total. The van der Waals surface area contributed by atoms with Crippen LogP contribution in [-0.2, 0) is 0 Å². The van der Waals surface area contributed by atoms with Gasteiger partial charge in [-0.25, -0.2) is 4.98 Å². The van der Waals surface area contributed by atoms with Crippen LogP contribution in [0.5, 0.6) is 5.06 Å². The number of hydrogen-bond donors (Lipinski definition) is 1. The molecule has 0 spiro atoms. The average molecular weight is 170 g/mol. The first-order valence-corrected chi connectivity index (χ1v) is 4.51. The molecule has 2 rings (SSSR count). The van der Waals surface area contributed by atoms with Crippen molar-refractivity contribution < 1.29 is 4.74 Å². The SMILES string of the molecule is Cc1ncsc1OC1CNC1. The van der Waals surface area contributed by atoms with Crippen molar-refractivity contribution in [2.75, 3.05) is 13.1 Å². The van der Waals surface area contributed by atoms with Gasteiger partial charge in [0.25, 0.3) is 0 Å². The van der Waals surface area contributed by atoms with Gasteiger partial charge in [-0.2, -0.15) is 0 Å². The zero-order valence-corrected chi connectivity index (χ0v) is 7.15. The van der Waals surface area contributed by atoms with Gasteiger partial charge in [0.15, 0.2) is 5.06 Å². The van der Waals surface area contributed by atoms with Crippen molar-refractivity contribution in [3.8, 4) is 5.06 Å². The highest BCUT2D eigenvalue weighted by atomic mass is 32.1. The zero-order valence-electron chi connectivity index (χ0n) is 6.33. The normalized spacial score (nSPS) is 17.9. The molecule has 1 aliphatic rings. The molecule has 0 saturated carbocycles. The maximum absolute atomic E-state index is 5.61. The van der Waals surface area contributed by atoms with Crippen molar-refractivity contribution in [3.05, 3.63) is 11.2 Å². The van der Waals surface area contributed by atoms with Crippen LogP contribution in [0, 0.1) is 6.92 Å². The Morgan fingerprint density at radius 1 is 1.73 bits per heavy atom. The number of nitrogens with zero attached hydrogens (tertiary/aromatic N) is 1. The first-order valence-electron chi connectivity index (χ1n) is 3.64. The quantitative estimate of drug-likeness (QED) is 0.713. The van der Waals surface area contributed by atoms with Gasteiger partial charge in [0.05, 0.1) is 11.2 Å². The Balaban J connectivity index is 1.99. The number of rotatable bonds is 2. The van der Waals surface area contributed by atoms with Crippen molar-refractivity contribution in [1.29, 1.82) is 0 Å². The van der Waals surface area contributed by atoms with Crippen LogP contribution in [0.2, 0.25) is 0 Å². The molecule has 0 atom stereocenters. The molecule has 1 saturated heterocycles. The Kier molecular flexibility index (Phi) is 1.79. The summed E-state index contributed by atoms with van der Waals surface area (Å²) in [5, 5.41) is 4.12. The van der Waals surface area contributed by atoms with Crippen molar-refractivity contribution >= 4 is 11.3 Å². The van der Waals surface area contributed by atoms with Gasteiger partial charge in [0, 0.05) is 13.1 Å². The Morgan fingerprint density at radius 3 is 3.00 bits per heavy atom. The Bertz CT molecular complexity index is 244. The molecular weight excluding hydrogens is 160 g/mol. The van der Waals surface area contributed by atoms with Crippen LogP contribution in [0.4, 0.5) is 0 Å². The van der Waals surface area contributed by atoms with Crippen LogP contribution in [0.1, 0.15) is 5.69 Å². The topological polar surface area (TPSA) is 34.1 Å². The van der Waals surface area contributed by atoms with Gasteiger partial charge in [0.2, 0.25) is 0 Å². The third kappa shape index (κ3) is 1.36. The molecule has 1 N–H and O–H groups in total. The lowest BCUT2D eigenvalue weighted by Crippen LogP contribution is -2.50. The van der Waals surface area contributed by atoms with Crippen LogP contribution in [0.15, 0.2) is 5.51 Å². The second-order valence-corrected chi connectivity index (χ2v) is 3.44. The number of hydrogen-bond acceptors (Lipinski definition) is 4. The smallest absolute Gasteiger partial charge is 0.197 e. The summed E-state index contributed by atoms with van der Waals surface area (Å²) < 4.78 is 5.61. The van der Waals surface area contributed by atoms with E-state index in [4.69, 9.17) is 4.74 Å². The van der Waals surface area contributed by atoms with E-state index in [9.17, 15) is 0 Å². The van der Waals surface area contributed by atoms with Gasteiger partial charge in [-0.15, -0.1) is 0 Å².